The van der Waals surface area contributed by atoms with E-state index in [1.165, 1.54) is 6.33 Å². The van der Waals surface area contributed by atoms with Crippen LogP contribution in [0.2, 0.25) is 0 Å². The molecule has 2 heterocycles. The second-order valence-corrected chi connectivity index (χ2v) is 7.44. The van der Waals surface area contributed by atoms with Crippen molar-refractivity contribution in [2.75, 3.05) is 37.7 Å². The molecule has 1 aliphatic rings. The first kappa shape index (κ1) is 20.1. The number of hydrogen-bond acceptors (Lipinski definition) is 6. The molecule has 1 N–H and O–H groups in total. The van der Waals surface area contributed by atoms with Gasteiger partial charge in [-0.3, -0.25) is 4.79 Å². The zero-order chi connectivity index (χ0) is 19.9. The van der Waals surface area contributed by atoms with Crippen LogP contribution in [0.5, 0.6) is 5.88 Å². The summed E-state index contributed by atoms with van der Waals surface area (Å²) in [5.41, 5.74) is 0.955. The lowest BCUT2D eigenvalue weighted by atomic mass is 10.1. The van der Waals surface area contributed by atoms with Gasteiger partial charge in [-0.2, -0.15) is 0 Å². The van der Waals surface area contributed by atoms with Gasteiger partial charge in [-0.05, 0) is 11.5 Å². The summed E-state index contributed by atoms with van der Waals surface area (Å²) in [6.07, 6.45) is 0.832. The monoisotopic (exact) mass is 384 g/mol. The molecular formula is C21H28N4O3. The quantitative estimate of drug-likeness (QED) is 0.784. The first-order chi connectivity index (χ1) is 13.5. The van der Waals surface area contributed by atoms with Gasteiger partial charge in [0.2, 0.25) is 5.88 Å². The van der Waals surface area contributed by atoms with Crippen molar-refractivity contribution < 1.29 is 14.6 Å². The fourth-order valence-corrected chi connectivity index (χ4v) is 3.13. The predicted molar refractivity (Wildman–Crippen MR) is 107 cm³/mol. The third-order valence-corrected chi connectivity index (χ3v) is 4.66. The van der Waals surface area contributed by atoms with Crippen LogP contribution in [0.3, 0.4) is 0 Å². The van der Waals surface area contributed by atoms with E-state index in [0.29, 0.717) is 51.0 Å². The first-order valence-electron chi connectivity index (χ1n) is 9.73. The van der Waals surface area contributed by atoms with Gasteiger partial charge in [0.05, 0.1) is 6.61 Å². The number of rotatable bonds is 7. The first-order valence-corrected chi connectivity index (χ1v) is 9.73. The van der Waals surface area contributed by atoms with E-state index in [9.17, 15) is 9.90 Å². The Hall–Kier alpha value is -2.67. The van der Waals surface area contributed by atoms with Crippen molar-refractivity contribution in [3.05, 3.63) is 48.3 Å². The maximum atomic E-state index is 12.6. The number of anilines is 1. The van der Waals surface area contributed by atoms with Gasteiger partial charge >= 0.3 is 0 Å². The zero-order valence-electron chi connectivity index (χ0n) is 16.5. The second-order valence-electron chi connectivity index (χ2n) is 7.44. The Balaban J connectivity index is 1.52. The molecular weight excluding hydrogens is 356 g/mol. The topological polar surface area (TPSA) is 78.8 Å². The average molecular weight is 384 g/mol. The molecule has 2 aromatic rings. The molecule has 0 spiro atoms. The molecule has 1 atom stereocenters. The lowest BCUT2D eigenvalue weighted by Gasteiger charge is -2.36. The number of benzene rings is 1. The maximum Gasteiger partial charge on any atom is 0.251 e. The van der Waals surface area contributed by atoms with Gasteiger partial charge < -0.3 is 19.6 Å². The Bertz CT molecular complexity index is 761. The van der Waals surface area contributed by atoms with Crippen LogP contribution in [0.4, 0.5) is 5.82 Å². The van der Waals surface area contributed by atoms with E-state index in [2.05, 4.69) is 28.7 Å². The highest BCUT2D eigenvalue weighted by atomic mass is 16.5. The van der Waals surface area contributed by atoms with Crippen molar-refractivity contribution in [1.82, 2.24) is 14.9 Å². The zero-order valence-corrected chi connectivity index (χ0v) is 16.5. The number of hydrogen-bond donors (Lipinski definition) is 1. The summed E-state index contributed by atoms with van der Waals surface area (Å²) in [5.74, 6) is 1.57. The maximum absolute atomic E-state index is 12.6. The van der Waals surface area contributed by atoms with Crippen LogP contribution in [0.1, 0.15) is 19.4 Å². The molecule has 28 heavy (non-hydrogen) atoms. The Morgan fingerprint density at radius 1 is 1.14 bits per heavy atom. The molecule has 0 unspecified atom stereocenters. The van der Waals surface area contributed by atoms with Gasteiger partial charge in [-0.25, -0.2) is 9.97 Å². The van der Waals surface area contributed by atoms with Gasteiger partial charge in [0, 0.05) is 38.7 Å². The number of ether oxygens (including phenoxy) is 1. The SMILES string of the molecule is CC(C)COc1cc(N2CCN(C(=O)[C@H](O)Cc3ccccc3)CC2)ncn1. The summed E-state index contributed by atoms with van der Waals surface area (Å²) in [6, 6.07) is 11.4. The molecule has 150 valence electrons. The molecule has 1 fully saturated rings. The minimum atomic E-state index is -1.01. The number of carbonyl (C=O) groups is 1. The van der Waals surface area contributed by atoms with Gasteiger partial charge in [-0.15, -0.1) is 0 Å². The fourth-order valence-electron chi connectivity index (χ4n) is 3.13. The number of nitrogens with zero attached hydrogens (tertiary/aromatic N) is 4. The number of carbonyl (C=O) groups excluding carboxylic acids is 1. The Labute approximate surface area is 166 Å². The third kappa shape index (κ3) is 5.42. The number of aromatic nitrogens is 2. The van der Waals surface area contributed by atoms with Crippen LogP contribution >= 0.6 is 0 Å². The highest BCUT2D eigenvalue weighted by Gasteiger charge is 2.26. The summed E-state index contributed by atoms with van der Waals surface area (Å²) in [6.45, 7) is 7.20. The van der Waals surface area contributed by atoms with Gasteiger partial charge in [0.25, 0.3) is 5.91 Å². The van der Waals surface area contributed by atoms with E-state index in [-0.39, 0.29) is 5.91 Å². The van der Waals surface area contributed by atoms with E-state index < -0.39 is 6.10 Å². The van der Waals surface area contributed by atoms with Gasteiger partial charge in [-0.1, -0.05) is 44.2 Å². The molecule has 7 nitrogen and oxygen atoms in total. The molecule has 1 aromatic carbocycles. The van der Waals surface area contributed by atoms with Crippen LogP contribution in [-0.2, 0) is 11.2 Å². The van der Waals surface area contributed by atoms with Crippen molar-refractivity contribution in [2.24, 2.45) is 5.92 Å². The molecule has 1 aliphatic heterocycles. The van der Waals surface area contributed by atoms with Crippen molar-refractivity contribution in [3.63, 3.8) is 0 Å². The number of amides is 1. The van der Waals surface area contributed by atoms with E-state index in [0.717, 1.165) is 11.4 Å². The minimum Gasteiger partial charge on any atom is -0.477 e. The number of aliphatic hydroxyl groups is 1. The van der Waals surface area contributed by atoms with E-state index in [1.54, 1.807) is 4.90 Å². The third-order valence-electron chi connectivity index (χ3n) is 4.66. The highest BCUT2D eigenvalue weighted by molar-refractivity contribution is 5.81. The van der Waals surface area contributed by atoms with Crippen molar-refractivity contribution in [1.29, 1.82) is 0 Å². The van der Waals surface area contributed by atoms with Crippen LogP contribution < -0.4 is 9.64 Å². The summed E-state index contributed by atoms with van der Waals surface area (Å²) >= 11 is 0. The molecule has 0 radical (unpaired) electrons. The summed E-state index contributed by atoms with van der Waals surface area (Å²) < 4.78 is 5.67. The van der Waals surface area contributed by atoms with Gasteiger partial charge in [0.15, 0.2) is 0 Å². The van der Waals surface area contributed by atoms with Crippen LogP contribution in [0.25, 0.3) is 0 Å². The largest absolute Gasteiger partial charge is 0.477 e. The lowest BCUT2D eigenvalue weighted by molar-refractivity contribution is -0.140. The summed E-state index contributed by atoms with van der Waals surface area (Å²) in [5, 5.41) is 10.3. The van der Waals surface area contributed by atoms with Gasteiger partial charge in [0.1, 0.15) is 18.2 Å². The number of piperazine rings is 1. The Morgan fingerprint density at radius 2 is 1.86 bits per heavy atom. The van der Waals surface area contributed by atoms with Crippen molar-refractivity contribution in [3.8, 4) is 5.88 Å². The minimum absolute atomic E-state index is 0.216. The van der Waals surface area contributed by atoms with Crippen LogP contribution in [0, 0.1) is 5.92 Å². The highest BCUT2D eigenvalue weighted by Crippen LogP contribution is 2.18. The fraction of sp³-hybridized carbons (Fsp3) is 0.476. The van der Waals surface area contributed by atoms with Crippen LogP contribution in [0.15, 0.2) is 42.7 Å². The van der Waals surface area contributed by atoms with Crippen molar-refractivity contribution >= 4 is 11.7 Å². The summed E-state index contributed by atoms with van der Waals surface area (Å²) in [7, 11) is 0. The summed E-state index contributed by atoms with van der Waals surface area (Å²) in [4.78, 5) is 24.9. The molecule has 7 heteroatoms. The molecule has 1 aromatic heterocycles. The lowest BCUT2D eigenvalue weighted by Crippen LogP contribution is -2.52. The Kier molecular flexibility index (Phi) is 6.81. The smallest absolute Gasteiger partial charge is 0.251 e. The van der Waals surface area contributed by atoms with Crippen molar-refractivity contribution in [2.45, 2.75) is 26.4 Å². The standard InChI is InChI=1S/C21H28N4O3/c1-16(2)14-28-20-13-19(22-15-23-20)24-8-10-25(11-9-24)21(27)18(26)12-17-6-4-3-5-7-17/h3-7,13,15-16,18,26H,8-12,14H2,1-2H3/t18-/m1/s1. The predicted octanol–water partition coefficient (Wildman–Crippen LogP) is 1.76. The molecule has 3 rings (SSSR count). The normalized spacial score (nSPS) is 15.6. The molecule has 1 saturated heterocycles. The van der Waals surface area contributed by atoms with E-state index in [1.807, 2.05) is 36.4 Å². The molecule has 1 amide bonds. The number of aliphatic hydroxyl groups excluding tert-OH is 1. The Morgan fingerprint density at radius 3 is 2.54 bits per heavy atom. The average Bonchev–Trinajstić information content (AvgIpc) is 2.73. The second kappa shape index (κ2) is 9.50. The van der Waals surface area contributed by atoms with E-state index >= 15 is 0 Å². The van der Waals surface area contributed by atoms with E-state index in [4.69, 9.17) is 4.74 Å². The molecule has 0 bridgehead atoms. The molecule has 0 saturated carbocycles. The molecule has 0 aliphatic carbocycles. The van der Waals surface area contributed by atoms with Crippen LogP contribution in [-0.4, -0.2) is 64.8 Å².